The van der Waals surface area contributed by atoms with Crippen molar-refractivity contribution in [1.82, 2.24) is 10.2 Å². The van der Waals surface area contributed by atoms with Gasteiger partial charge in [0.25, 0.3) is 5.91 Å². The number of rotatable bonds is 7. The normalized spacial score (nSPS) is 10.9. The smallest absolute Gasteiger partial charge is 0.253 e. The Morgan fingerprint density at radius 3 is 2.70 bits per heavy atom. The van der Waals surface area contributed by atoms with Gasteiger partial charge in [0.1, 0.15) is 0 Å². The van der Waals surface area contributed by atoms with Gasteiger partial charge in [0.15, 0.2) is 0 Å². The first-order chi connectivity index (χ1) is 9.45. The number of nitrogen functional groups attached to an aromatic ring is 1. The molecule has 1 amide bonds. The predicted octanol–water partition coefficient (Wildman–Crippen LogP) is 1.74. The van der Waals surface area contributed by atoms with Gasteiger partial charge in [-0.15, -0.1) is 0 Å². The first-order valence-electron chi connectivity index (χ1n) is 7.01. The molecule has 5 nitrogen and oxygen atoms in total. The Labute approximate surface area is 121 Å². The Bertz CT molecular complexity index is 445. The van der Waals surface area contributed by atoms with Crippen LogP contribution in [-0.4, -0.2) is 37.0 Å². The first-order valence-corrected chi connectivity index (χ1v) is 7.01. The van der Waals surface area contributed by atoms with Crippen LogP contribution in [0, 0.1) is 6.92 Å². The van der Waals surface area contributed by atoms with Crippen LogP contribution >= 0.6 is 0 Å². The fourth-order valence-corrected chi connectivity index (χ4v) is 1.86. The maximum atomic E-state index is 12.1. The zero-order valence-electron chi connectivity index (χ0n) is 12.9. The summed E-state index contributed by atoms with van der Waals surface area (Å²) < 4.78 is 0. The molecule has 0 heterocycles. The third-order valence-electron chi connectivity index (χ3n) is 3.43. The molecule has 1 rings (SSSR count). The van der Waals surface area contributed by atoms with Crippen molar-refractivity contribution in [2.24, 2.45) is 5.84 Å². The second-order valence-corrected chi connectivity index (χ2v) is 5.38. The van der Waals surface area contributed by atoms with Gasteiger partial charge in [-0.3, -0.25) is 10.6 Å². The van der Waals surface area contributed by atoms with Crippen LogP contribution in [-0.2, 0) is 0 Å². The van der Waals surface area contributed by atoms with Crippen LogP contribution in [0.1, 0.15) is 36.2 Å². The van der Waals surface area contributed by atoms with E-state index in [1.54, 1.807) is 0 Å². The number of hydrazine groups is 1. The van der Waals surface area contributed by atoms with Gasteiger partial charge in [0.05, 0.1) is 11.3 Å². The summed E-state index contributed by atoms with van der Waals surface area (Å²) in [5.41, 5.74) is 4.83. The fourth-order valence-electron chi connectivity index (χ4n) is 1.86. The Kier molecular flexibility index (Phi) is 6.48. The van der Waals surface area contributed by atoms with E-state index in [9.17, 15) is 4.79 Å². The Morgan fingerprint density at radius 2 is 2.10 bits per heavy atom. The van der Waals surface area contributed by atoms with E-state index in [2.05, 4.69) is 36.5 Å². The molecule has 0 unspecified atom stereocenters. The quantitative estimate of drug-likeness (QED) is 0.404. The molecule has 0 bridgehead atoms. The lowest BCUT2D eigenvalue weighted by molar-refractivity contribution is 0.0952. The van der Waals surface area contributed by atoms with Crippen molar-refractivity contribution in [3.8, 4) is 0 Å². The second-order valence-electron chi connectivity index (χ2n) is 5.38. The molecule has 112 valence electrons. The minimum Gasteiger partial charge on any atom is -0.352 e. The minimum absolute atomic E-state index is 0.0890. The van der Waals surface area contributed by atoms with Gasteiger partial charge >= 0.3 is 0 Å². The first kappa shape index (κ1) is 16.5. The minimum atomic E-state index is -0.0890. The van der Waals surface area contributed by atoms with Crippen LogP contribution in [0.3, 0.4) is 0 Å². The van der Waals surface area contributed by atoms with Gasteiger partial charge in [0.2, 0.25) is 0 Å². The van der Waals surface area contributed by atoms with E-state index < -0.39 is 0 Å². The standard InChI is InChI=1S/C15H26N4O/c1-11(2)19(4)9-5-8-17-15(20)13-10-12(3)6-7-14(13)18-16/h6-7,10-11,18H,5,8-9,16H2,1-4H3,(H,17,20). The fraction of sp³-hybridized carbons (Fsp3) is 0.533. The number of hydrogen-bond donors (Lipinski definition) is 3. The highest BCUT2D eigenvalue weighted by molar-refractivity contribution is 5.99. The van der Waals surface area contributed by atoms with Crippen LogP contribution in [0.25, 0.3) is 0 Å². The zero-order chi connectivity index (χ0) is 15.1. The van der Waals surface area contributed by atoms with Crippen LogP contribution in [0.2, 0.25) is 0 Å². The average Bonchev–Trinajstić information content (AvgIpc) is 2.42. The van der Waals surface area contributed by atoms with Gasteiger partial charge in [-0.05, 0) is 52.9 Å². The molecule has 0 radical (unpaired) electrons. The topological polar surface area (TPSA) is 70.4 Å². The van der Waals surface area contributed by atoms with Crippen molar-refractivity contribution in [3.05, 3.63) is 29.3 Å². The van der Waals surface area contributed by atoms with E-state index in [0.717, 1.165) is 18.5 Å². The van der Waals surface area contributed by atoms with Gasteiger partial charge in [-0.25, -0.2) is 0 Å². The summed E-state index contributed by atoms with van der Waals surface area (Å²) in [6.07, 6.45) is 0.928. The molecule has 20 heavy (non-hydrogen) atoms. The number of carbonyl (C=O) groups excluding carboxylic acids is 1. The summed E-state index contributed by atoms with van der Waals surface area (Å²) >= 11 is 0. The largest absolute Gasteiger partial charge is 0.352 e. The lowest BCUT2D eigenvalue weighted by atomic mass is 10.1. The molecule has 1 aromatic carbocycles. The SMILES string of the molecule is Cc1ccc(NN)c(C(=O)NCCCN(C)C(C)C)c1. The maximum absolute atomic E-state index is 12.1. The summed E-state index contributed by atoms with van der Waals surface area (Å²) in [5, 5.41) is 2.93. The van der Waals surface area contributed by atoms with Gasteiger partial charge in [-0.2, -0.15) is 0 Å². The van der Waals surface area contributed by atoms with E-state index in [4.69, 9.17) is 5.84 Å². The van der Waals surface area contributed by atoms with Crippen molar-refractivity contribution >= 4 is 11.6 Å². The molecule has 0 saturated carbocycles. The van der Waals surface area contributed by atoms with E-state index in [0.29, 0.717) is 23.8 Å². The Morgan fingerprint density at radius 1 is 1.40 bits per heavy atom. The third kappa shape index (κ3) is 4.83. The highest BCUT2D eigenvalue weighted by atomic mass is 16.1. The number of benzene rings is 1. The number of nitrogens with zero attached hydrogens (tertiary/aromatic N) is 1. The molecule has 0 aliphatic carbocycles. The number of hydrogen-bond acceptors (Lipinski definition) is 4. The summed E-state index contributed by atoms with van der Waals surface area (Å²) in [6.45, 7) is 7.89. The van der Waals surface area contributed by atoms with Gasteiger partial charge < -0.3 is 15.6 Å². The molecule has 0 saturated heterocycles. The van der Waals surface area contributed by atoms with Crippen LogP contribution in [0.4, 0.5) is 5.69 Å². The summed E-state index contributed by atoms with van der Waals surface area (Å²) in [4.78, 5) is 14.4. The van der Waals surface area contributed by atoms with Crippen LogP contribution in [0.15, 0.2) is 18.2 Å². The number of carbonyl (C=O) groups is 1. The molecular weight excluding hydrogens is 252 g/mol. The number of anilines is 1. The molecule has 0 atom stereocenters. The van der Waals surface area contributed by atoms with E-state index >= 15 is 0 Å². The highest BCUT2D eigenvalue weighted by Gasteiger charge is 2.11. The van der Waals surface area contributed by atoms with Gasteiger partial charge in [-0.1, -0.05) is 11.6 Å². The average molecular weight is 278 g/mol. The summed E-state index contributed by atoms with van der Waals surface area (Å²) in [6, 6.07) is 6.10. The van der Waals surface area contributed by atoms with Crippen molar-refractivity contribution in [1.29, 1.82) is 0 Å². The molecule has 4 N–H and O–H groups in total. The molecule has 0 aliphatic rings. The molecule has 0 fully saturated rings. The van der Waals surface area contributed by atoms with Crippen molar-refractivity contribution in [2.45, 2.75) is 33.2 Å². The van der Waals surface area contributed by atoms with Crippen LogP contribution < -0.4 is 16.6 Å². The summed E-state index contributed by atoms with van der Waals surface area (Å²) in [5.74, 6) is 5.34. The van der Waals surface area contributed by atoms with Crippen molar-refractivity contribution < 1.29 is 4.79 Å². The maximum Gasteiger partial charge on any atom is 0.253 e. The van der Waals surface area contributed by atoms with E-state index in [1.165, 1.54) is 0 Å². The number of nitrogens with two attached hydrogens (primary N) is 1. The highest BCUT2D eigenvalue weighted by Crippen LogP contribution is 2.16. The van der Waals surface area contributed by atoms with E-state index in [1.807, 2.05) is 25.1 Å². The van der Waals surface area contributed by atoms with Crippen LogP contribution in [0.5, 0.6) is 0 Å². The van der Waals surface area contributed by atoms with Crippen molar-refractivity contribution in [3.63, 3.8) is 0 Å². The predicted molar refractivity (Wildman–Crippen MR) is 83.7 cm³/mol. The summed E-state index contributed by atoms with van der Waals surface area (Å²) in [7, 11) is 2.09. The lowest BCUT2D eigenvalue weighted by Crippen LogP contribution is -2.31. The van der Waals surface area contributed by atoms with E-state index in [-0.39, 0.29) is 5.91 Å². The molecule has 0 aliphatic heterocycles. The number of aryl methyl sites for hydroxylation is 1. The lowest BCUT2D eigenvalue weighted by Gasteiger charge is -2.20. The molecular formula is C15H26N4O. The molecule has 5 heteroatoms. The van der Waals surface area contributed by atoms with Crippen molar-refractivity contribution in [2.75, 3.05) is 25.6 Å². The number of amides is 1. The third-order valence-corrected chi connectivity index (χ3v) is 3.43. The molecule has 0 aromatic heterocycles. The zero-order valence-corrected chi connectivity index (χ0v) is 12.9. The Balaban J connectivity index is 2.49. The molecule has 1 aromatic rings. The second kappa shape index (κ2) is 7.87. The molecule has 0 spiro atoms. The number of nitrogens with one attached hydrogen (secondary N) is 2. The Hall–Kier alpha value is -1.59. The monoisotopic (exact) mass is 278 g/mol. The van der Waals surface area contributed by atoms with Gasteiger partial charge in [0, 0.05) is 12.6 Å².